The lowest BCUT2D eigenvalue weighted by Crippen LogP contribution is -2.49. The first-order valence-corrected chi connectivity index (χ1v) is 7.69. The van der Waals surface area contributed by atoms with Gasteiger partial charge in [0.05, 0.1) is 13.2 Å². The number of ether oxygens (including phenoxy) is 3. The van der Waals surface area contributed by atoms with Crippen molar-refractivity contribution in [3.05, 3.63) is 0 Å². The van der Waals surface area contributed by atoms with Crippen LogP contribution in [0.1, 0.15) is 39.5 Å². The van der Waals surface area contributed by atoms with E-state index in [-0.39, 0.29) is 0 Å². The molecule has 0 rings (SSSR count). The molecule has 0 spiro atoms. The molecule has 0 saturated carbocycles. The Kier molecular flexibility index (Phi) is 12.6. The lowest BCUT2D eigenvalue weighted by Gasteiger charge is -2.25. The van der Waals surface area contributed by atoms with Crippen molar-refractivity contribution in [1.82, 2.24) is 5.32 Å². The van der Waals surface area contributed by atoms with Crippen LogP contribution in [0, 0.1) is 0 Å². The Morgan fingerprint density at radius 2 is 1.67 bits per heavy atom. The average Bonchev–Trinajstić information content (AvgIpc) is 2.45. The van der Waals surface area contributed by atoms with E-state index in [1.54, 1.807) is 14.0 Å². The van der Waals surface area contributed by atoms with Gasteiger partial charge in [-0.2, -0.15) is 0 Å². The third kappa shape index (κ3) is 10.6. The van der Waals surface area contributed by atoms with Crippen LogP contribution in [-0.4, -0.2) is 63.3 Å². The Morgan fingerprint density at radius 3 is 2.19 bits per heavy atom. The van der Waals surface area contributed by atoms with Crippen molar-refractivity contribution in [3.8, 4) is 0 Å². The van der Waals surface area contributed by atoms with Crippen LogP contribution >= 0.6 is 0 Å². The summed E-state index contributed by atoms with van der Waals surface area (Å²) >= 11 is 0. The van der Waals surface area contributed by atoms with Crippen LogP contribution in [-0.2, 0) is 19.0 Å². The molecule has 126 valence electrons. The predicted octanol–water partition coefficient (Wildman–Crippen LogP) is 1.68. The van der Waals surface area contributed by atoms with E-state index in [0.717, 1.165) is 25.9 Å². The number of rotatable bonds is 15. The predicted molar refractivity (Wildman–Crippen MR) is 81.7 cm³/mol. The van der Waals surface area contributed by atoms with E-state index in [2.05, 4.69) is 5.32 Å². The fourth-order valence-electron chi connectivity index (χ4n) is 1.97. The Bertz CT molecular complexity index is 262. The molecule has 0 amide bonds. The van der Waals surface area contributed by atoms with Gasteiger partial charge in [-0.25, -0.2) is 0 Å². The maximum Gasteiger partial charge on any atom is 0.323 e. The van der Waals surface area contributed by atoms with Gasteiger partial charge < -0.3 is 24.6 Å². The molecular formula is C15H31NO5. The first-order chi connectivity index (χ1) is 10.1. The number of hydrogen-bond donors (Lipinski definition) is 2. The van der Waals surface area contributed by atoms with Crippen LogP contribution < -0.4 is 5.32 Å². The molecule has 0 fully saturated rings. The van der Waals surface area contributed by atoms with Crippen molar-refractivity contribution in [3.63, 3.8) is 0 Å². The number of aliphatic carboxylic acids is 1. The molecule has 21 heavy (non-hydrogen) atoms. The van der Waals surface area contributed by atoms with Crippen LogP contribution in [0.4, 0.5) is 0 Å². The van der Waals surface area contributed by atoms with E-state index >= 15 is 0 Å². The molecule has 0 aliphatic heterocycles. The number of unbranched alkanes of at least 4 members (excludes halogenated alkanes) is 1. The molecule has 6 heteroatoms. The van der Waals surface area contributed by atoms with Gasteiger partial charge in [-0.05, 0) is 39.2 Å². The van der Waals surface area contributed by atoms with Gasteiger partial charge >= 0.3 is 5.97 Å². The molecule has 0 aliphatic carbocycles. The SMILES string of the molecule is CCNC(C)(CCCCOCCOCCCOC)C(=O)O. The molecule has 0 radical (unpaired) electrons. The number of likely N-dealkylation sites (N-methyl/N-ethyl adjacent to an activating group) is 1. The maximum absolute atomic E-state index is 11.2. The molecule has 0 aromatic heterocycles. The minimum Gasteiger partial charge on any atom is -0.480 e. The number of hydrogen-bond acceptors (Lipinski definition) is 5. The van der Waals surface area contributed by atoms with Crippen LogP contribution in [0.25, 0.3) is 0 Å². The summed E-state index contributed by atoms with van der Waals surface area (Å²) in [5.41, 5.74) is -0.834. The molecule has 0 heterocycles. The molecule has 0 aliphatic rings. The van der Waals surface area contributed by atoms with Crippen LogP contribution in [0.5, 0.6) is 0 Å². The average molecular weight is 305 g/mol. The van der Waals surface area contributed by atoms with Crippen LogP contribution in [0.2, 0.25) is 0 Å². The Morgan fingerprint density at radius 1 is 1.05 bits per heavy atom. The fraction of sp³-hybridized carbons (Fsp3) is 0.933. The summed E-state index contributed by atoms with van der Waals surface area (Å²) in [4.78, 5) is 11.2. The molecule has 6 nitrogen and oxygen atoms in total. The quantitative estimate of drug-likeness (QED) is 0.448. The summed E-state index contributed by atoms with van der Waals surface area (Å²) in [6.45, 7) is 7.52. The summed E-state index contributed by atoms with van der Waals surface area (Å²) in [7, 11) is 1.68. The van der Waals surface area contributed by atoms with Crippen LogP contribution in [0.15, 0.2) is 0 Å². The molecule has 0 bridgehead atoms. The molecule has 2 N–H and O–H groups in total. The number of methoxy groups -OCH3 is 1. The van der Waals surface area contributed by atoms with Crippen LogP contribution in [0.3, 0.4) is 0 Å². The van der Waals surface area contributed by atoms with E-state index in [1.165, 1.54) is 0 Å². The minimum atomic E-state index is -0.834. The number of carboxylic acid groups (broad SMARTS) is 1. The molecule has 0 saturated heterocycles. The lowest BCUT2D eigenvalue weighted by atomic mass is 9.95. The summed E-state index contributed by atoms with van der Waals surface area (Å²) in [6.07, 6.45) is 3.18. The molecule has 0 aromatic rings. The summed E-state index contributed by atoms with van der Waals surface area (Å²) in [5.74, 6) is -0.797. The van der Waals surface area contributed by atoms with Gasteiger partial charge in [0, 0.05) is 26.9 Å². The van der Waals surface area contributed by atoms with E-state index in [0.29, 0.717) is 39.4 Å². The summed E-state index contributed by atoms with van der Waals surface area (Å²) in [5, 5.41) is 12.2. The normalized spacial score (nSPS) is 14.0. The van der Waals surface area contributed by atoms with Crippen molar-refractivity contribution in [2.24, 2.45) is 0 Å². The van der Waals surface area contributed by atoms with Gasteiger partial charge in [0.2, 0.25) is 0 Å². The van der Waals surface area contributed by atoms with Gasteiger partial charge in [-0.15, -0.1) is 0 Å². The number of carboxylic acids is 1. The first-order valence-electron chi connectivity index (χ1n) is 7.69. The Labute approximate surface area is 128 Å². The van der Waals surface area contributed by atoms with E-state index in [9.17, 15) is 9.90 Å². The first kappa shape index (κ1) is 20.3. The zero-order valence-corrected chi connectivity index (χ0v) is 13.7. The lowest BCUT2D eigenvalue weighted by molar-refractivity contribution is -0.144. The second kappa shape index (κ2) is 13.0. The van der Waals surface area contributed by atoms with Crippen molar-refractivity contribution in [2.75, 3.05) is 46.7 Å². The highest BCUT2D eigenvalue weighted by Gasteiger charge is 2.30. The summed E-state index contributed by atoms with van der Waals surface area (Å²) in [6, 6.07) is 0. The zero-order chi connectivity index (χ0) is 16.0. The standard InChI is InChI=1S/C15H31NO5/c1-4-16-15(2,14(17)18)8-5-6-10-20-12-13-21-11-7-9-19-3/h16H,4-13H2,1-3H3,(H,17,18). The van der Waals surface area contributed by atoms with E-state index < -0.39 is 11.5 Å². The van der Waals surface area contributed by atoms with Gasteiger partial charge in [-0.1, -0.05) is 6.92 Å². The topological polar surface area (TPSA) is 77.0 Å². The third-order valence-corrected chi connectivity index (χ3v) is 3.26. The highest BCUT2D eigenvalue weighted by atomic mass is 16.5. The number of carbonyl (C=O) groups is 1. The number of nitrogens with one attached hydrogen (secondary N) is 1. The van der Waals surface area contributed by atoms with Gasteiger partial charge in [0.15, 0.2) is 0 Å². The molecule has 1 atom stereocenters. The highest BCUT2D eigenvalue weighted by Crippen LogP contribution is 2.14. The third-order valence-electron chi connectivity index (χ3n) is 3.26. The van der Waals surface area contributed by atoms with E-state index in [1.807, 2.05) is 6.92 Å². The van der Waals surface area contributed by atoms with Crippen molar-refractivity contribution < 1.29 is 24.1 Å². The van der Waals surface area contributed by atoms with Gasteiger partial charge in [0.1, 0.15) is 5.54 Å². The largest absolute Gasteiger partial charge is 0.480 e. The monoisotopic (exact) mass is 305 g/mol. The highest BCUT2D eigenvalue weighted by molar-refractivity contribution is 5.78. The maximum atomic E-state index is 11.2. The molecular weight excluding hydrogens is 274 g/mol. The van der Waals surface area contributed by atoms with Gasteiger partial charge in [-0.3, -0.25) is 4.79 Å². The second-order valence-electron chi connectivity index (χ2n) is 5.20. The van der Waals surface area contributed by atoms with Crippen molar-refractivity contribution >= 4 is 5.97 Å². The summed E-state index contributed by atoms with van der Waals surface area (Å²) < 4.78 is 15.7. The Balaban J connectivity index is 3.44. The van der Waals surface area contributed by atoms with Crippen molar-refractivity contribution in [2.45, 2.75) is 45.1 Å². The second-order valence-corrected chi connectivity index (χ2v) is 5.20. The van der Waals surface area contributed by atoms with Crippen molar-refractivity contribution in [1.29, 1.82) is 0 Å². The molecule has 0 aromatic carbocycles. The fourth-order valence-corrected chi connectivity index (χ4v) is 1.97. The Hall–Kier alpha value is -0.690. The van der Waals surface area contributed by atoms with Gasteiger partial charge in [0.25, 0.3) is 0 Å². The molecule has 1 unspecified atom stereocenters. The van der Waals surface area contributed by atoms with E-state index in [4.69, 9.17) is 14.2 Å². The minimum absolute atomic E-state index is 0.580. The smallest absolute Gasteiger partial charge is 0.323 e. The zero-order valence-electron chi connectivity index (χ0n) is 13.7.